The Kier molecular flexibility index (Phi) is 5.13. The molecule has 0 spiro atoms. The highest BCUT2D eigenvalue weighted by Gasteiger charge is 2.34. The zero-order valence-corrected chi connectivity index (χ0v) is 12.7. The number of hydrogen-bond donors (Lipinski definition) is 0. The smallest absolute Gasteiger partial charge is 0.260 e. The van der Waals surface area contributed by atoms with Crippen LogP contribution in [0.4, 0.5) is 10.1 Å². The van der Waals surface area contributed by atoms with Crippen LogP contribution in [0.5, 0.6) is 0 Å². The molecule has 0 unspecified atom stereocenters. The van der Waals surface area contributed by atoms with Crippen molar-refractivity contribution in [3.8, 4) is 0 Å². The first-order chi connectivity index (χ1) is 8.14. The molecule has 0 aliphatic heterocycles. The Morgan fingerprint density at radius 1 is 1.22 bits per heavy atom. The van der Waals surface area contributed by atoms with Crippen molar-refractivity contribution in [2.45, 2.75) is 3.92 Å². The molecule has 0 aliphatic rings. The van der Waals surface area contributed by atoms with Crippen LogP contribution in [0.15, 0.2) is 30.3 Å². The monoisotopic (exact) mass is 332 g/mol. The van der Waals surface area contributed by atoms with E-state index in [2.05, 4.69) is 0 Å². The Morgan fingerprint density at radius 3 is 2.17 bits per heavy atom. The summed E-state index contributed by atoms with van der Waals surface area (Å²) in [6, 6.07) is 8.36. The van der Waals surface area contributed by atoms with Gasteiger partial charge in [0.15, 0.2) is 0 Å². The van der Waals surface area contributed by atoms with Gasteiger partial charge in [-0.25, -0.2) is 0 Å². The van der Waals surface area contributed by atoms with Gasteiger partial charge >= 0.3 is 14.1 Å². The third-order valence-electron chi connectivity index (χ3n) is 2.02. The van der Waals surface area contributed by atoms with E-state index in [1.165, 1.54) is 14.1 Å². The number of nitrogens with zero attached hydrogens (tertiary/aromatic N) is 2. The predicted octanol–water partition coefficient (Wildman–Crippen LogP) is 3.01. The Labute approximate surface area is 120 Å². The molecule has 1 aromatic rings. The molecule has 0 saturated carbocycles. The molecule has 0 saturated heterocycles. The van der Waals surface area contributed by atoms with Crippen molar-refractivity contribution >= 4 is 51.0 Å². The molecule has 0 fully saturated rings. The third-order valence-corrected chi connectivity index (χ3v) is 5.24. The maximum absolute atomic E-state index is 13.0. The van der Waals surface area contributed by atoms with Gasteiger partial charge in [0.1, 0.15) is 0 Å². The lowest BCUT2D eigenvalue weighted by atomic mass is 10.3. The average Bonchev–Trinajstić information content (AvgIpc) is 2.27. The second-order valence-corrected chi connectivity index (χ2v) is 8.46. The summed E-state index contributed by atoms with van der Waals surface area (Å²) in [7, 11) is -1.39. The summed E-state index contributed by atoms with van der Waals surface area (Å²) >= 11 is 10.4. The van der Waals surface area contributed by atoms with Crippen LogP contribution in [0.25, 0.3) is 0 Å². The van der Waals surface area contributed by atoms with E-state index in [1.54, 1.807) is 30.3 Å². The standard InChI is InChI=1S/C9H11Cl2FN2O2S2/c1-13(8-6-4-3-5-7-8)18(15,16)14(2)17-9(10,11)12/h3-7H,1-2H3. The summed E-state index contributed by atoms with van der Waals surface area (Å²) < 4.78 is 36.1. The van der Waals surface area contributed by atoms with Gasteiger partial charge in [-0.05, 0) is 12.1 Å². The van der Waals surface area contributed by atoms with Crippen molar-refractivity contribution in [2.75, 3.05) is 18.4 Å². The Balaban J connectivity index is 2.94. The fourth-order valence-corrected chi connectivity index (χ4v) is 4.01. The largest absolute Gasteiger partial charge is 0.319 e. The van der Waals surface area contributed by atoms with Crippen molar-refractivity contribution in [2.24, 2.45) is 0 Å². The molecule has 0 N–H and O–H groups in total. The van der Waals surface area contributed by atoms with Crippen LogP contribution in [-0.2, 0) is 10.2 Å². The van der Waals surface area contributed by atoms with Gasteiger partial charge < -0.3 is 0 Å². The molecule has 0 atom stereocenters. The molecule has 1 rings (SSSR count). The maximum atomic E-state index is 13.0. The van der Waals surface area contributed by atoms with Crippen LogP contribution in [0.3, 0.4) is 0 Å². The number of para-hydroxylation sites is 1. The van der Waals surface area contributed by atoms with E-state index in [4.69, 9.17) is 23.2 Å². The van der Waals surface area contributed by atoms with E-state index in [0.717, 1.165) is 4.31 Å². The van der Waals surface area contributed by atoms with Crippen molar-refractivity contribution in [3.63, 3.8) is 0 Å². The van der Waals surface area contributed by atoms with Gasteiger partial charge in [0.05, 0.1) is 5.69 Å². The summed E-state index contributed by atoms with van der Waals surface area (Å²) in [5, 5.41) is 0. The van der Waals surface area contributed by atoms with Gasteiger partial charge in [-0.2, -0.15) is 12.8 Å². The molecule has 18 heavy (non-hydrogen) atoms. The second kappa shape index (κ2) is 5.83. The summed E-state index contributed by atoms with van der Waals surface area (Å²) in [6.45, 7) is 0. The van der Waals surface area contributed by atoms with Gasteiger partial charge in [0.25, 0.3) is 0 Å². The number of benzene rings is 1. The molecule has 0 amide bonds. The lowest BCUT2D eigenvalue weighted by Crippen LogP contribution is -2.37. The van der Waals surface area contributed by atoms with Gasteiger partial charge in [-0.3, -0.25) is 4.31 Å². The van der Waals surface area contributed by atoms with Crippen LogP contribution in [0.1, 0.15) is 0 Å². The maximum Gasteiger partial charge on any atom is 0.319 e. The molecule has 9 heteroatoms. The van der Waals surface area contributed by atoms with Crippen LogP contribution < -0.4 is 4.31 Å². The van der Waals surface area contributed by atoms with E-state index in [1.807, 2.05) is 0 Å². The van der Waals surface area contributed by atoms with Crippen molar-refractivity contribution < 1.29 is 12.8 Å². The number of anilines is 1. The van der Waals surface area contributed by atoms with E-state index in [0.29, 0.717) is 9.40 Å². The Hall–Kier alpha value is -0.210. The molecular weight excluding hydrogens is 322 g/mol. The fourth-order valence-electron chi connectivity index (χ4n) is 1.14. The quantitative estimate of drug-likeness (QED) is 0.614. The molecule has 102 valence electrons. The third kappa shape index (κ3) is 4.17. The van der Waals surface area contributed by atoms with Gasteiger partial charge in [0, 0.05) is 26.0 Å². The fraction of sp³-hybridized carbons (Fsp3) is 0.333. The summed E-state index contributed by atoms with van der Waals surface area (Å²) in [5.41, 5.74) is 0.443. The van der Waals surface area contributed by atoms with Crippen LogP contribution >= 0.6 is 35.1 Å². The molecule has 0 heterocycles. The van der Waals surface area contributed by atoms with E-state index < -0.39 is 14.1 Å². The van der Waals surface area contributed by atoms with Crippen molar-refractivity contribution in [1.29, 1.82) is 0 Å². The number of halogens is 3. The summed E-state index contributed by atoms with van der Waals surface area (Å²) in [4.78, 5) is 0. The lowest BCUT2D eigenvalue weighted by Gasteiger charge is -2.26. The molecule has 0 aliphatic carbocycles. The summed E-state index contributed by atoms with van der Waals surface area (Å²) in [5.74, 6) is 0. The molecule has 0 aromatic heterocycles. The zero-order chi connectivity index (χ0) is 14.0. The predicted molar refractivity (Wildman–Crippen MR) is 74.7 cm³/mol. The minimum atomic E-state index is -3.90. The molecule has 0 radical (unpaired) electrons. The Bertz CT molecular complexity index is 493. The second-order valence-electron chi connectivity index (χ2n) is 3.26. The highest BCUT2D eigenvalue weighted by atomic mass is 35.5. The molecule has 0 bridgehead atoms. The normalized spacial score (nSPS) is 12.8. The molecule has 4 nitrogen and oxygen atoms in total. The Morgan fingerprint density at radius 2 is 1.72 bits per heavy atom. The SMILES string of the molecule is CN(SC(F)(Cl)Cl)S(=O)(=O)N(C)c1ccccc1. The number of alkyl halides is 3. The van der Waals surface area contributed by atoms with Crippen molar-refractivity contribution in [1.82, 2.24) is 3.71 Å². The molecule has 1 aromatic carbocycles. The van der Waals surface area contributed by atoms with Crippen LogP contribution in [-0.4, -0.2) is 30.1 Å². The highest BCUT2D eigenvalue weighted by molar-refractivity contribution is 8.11. The van der Waals surface area contributed by atoms with Gasteiger partial charge in [-0.15, -0.1) is 3.71 Å². The topological polar surface area (TPSA) is 40.6 Å². The van der Waals surface area contributed by atoms with Gasteiger partial charge in [-0.1, -0.05) is 41.4 Å². The van der Waals surface area contributed by atoms with E-state index >= 15 is 0 Å². The first kappa shape index (κ1) is 15.8. The number of rotatable bonds is 5. The lowest BCUT2D eigenvalue weighted by molar-refractivity contribution is 0.504. The average molecular weight is 333 g/mol. The van der Waals surface area contributed by atoms with E-state index in [9.17, 15) is 12.8 Å². The zero-order valence-electron chi connectivity index (χ0n) is 9.55. The minimum absolute atomic E-state index is 0.155. The molecular formula is C9H11Cl2FN2O2S2. The first-order valence-electron chi connectivity index (χ1n) is 4.68. The van der Waals surface area contributed by atoms with Crippen LogP contribution in [0, 0.1) is 0 Å². The highest BCUT2D eigenvalue weighted by Crippen LogP contribution is 2.39. The summed E-state index contributed by atoms with van der Waals surface area (Å²) in [6.07, 6.45) is 0. The van der Waals surface area contributed by atoms with E-state index in [-0.39, 0.29) is 11.9 Å². The number of hydrogen-bond acceptors (Lipinski definition) is 3. The van der Waals surface area contributed by atoms with Gasteiger partial charge in [0.2, 0.25) is 0 Å². The minimum Gasteiger partial charge on any atom is -0.260 e. The first-order valence-corrected chi connectivity index (χ1v) is 7.61. The van der Waals surface area contributed by atoms with Crippen LogP contribution in [0.2, 0.25) is 0 Å². The van der Waals surface area contributed by atoms with Crippen molar-refractivity contribution in [3.05, 3.63) is 30.3 Å².